The average molecular weight is 264 g/mol. The molecule has 0 bridgehead atoms. The Hall–Kier alpha value is -0.390. The van der Waals surface area contributed by atoms with Gasteiger partial charge in [0.25, 0.3) is 10.1 Å². The van der Waals surface area contributed by atoms with Crippen LogP contribution in [0.5, 0.6) is 0 Å². The second kappa shape index (κ2) is 8.66. The highest BCUT2D eigenvalue weighted by atomic mass is 32.2. The molecule has 0 saturated carbocycles. The zero-order valence-corrected chi connectivity index (χ0v) is 12.0. The van der Waals surface area contributed by atoms with Gasteiger partial charge in [-0.05, 0) is 40.0 Å². The smallest absolute Gasteiger partial charge is 0.267 e. The van der Waals surface area contributed by atoms with Crippen LogP contribution in [0.3, 0.4) is 0 Å². The van der Waals surface area contributed by atoms with Gasteiger partial charge in [0.2, 0.25) is 0 Å². The van der Waals surface area contributed by atoms with Crippen LogP contribution in [-0.4, -0.2) is 34.0 Å². The van der Waals surface area contributed by atoms with Gasteiger partial charge in [0.1, 0.15) is 0 Å². The van der Waals surface area contributed by atoms with E-state index < -0.39 is 16.2 Å². The van der Waals surface area contributed by atoms with Crippen LogP contribution in [0.25, 0.3) is 0 Å². The summed E-state index contributed by atoms with van der Waals surface area (Å²) >= 11 is 0. The van der Waals surface area contributed by atoms with E-state index in [4.69, 9.17) is 8.92 Å². The standard InChI is InChI=1S/C12H24O4S/c1-5-11(2)8-6-7-9-17(13,14)16-12(3)10-15-4/h5,12H,6-10H2,1-4H3/b11-5+. The van der Waals surface area contributed by atoms with E-state index in [0.717, 1.165) is 12.8 Å². The molecular weight excluding hydrogens is 240 g/mol. The molecule has 5 heteroatoms. The fourth-order valence-electron chi connectivity index (χ4n) is 1.39. The first-order chi connectivity index (χ1) is 7.91. The zero-order valence-electron chi connectivity index (χ0n) is 11.2. The van der Waals surface area contributed by atoms with Crippen LogP contribution in [0, 0.1) is 0 Å². The zero-order chi connectivity index (χ0) is 13.3. The van der Waals surface area contributed by atoms with Crippen molar-refractivity contribution < 1.29 is 17.3 Å². The van der Waals surface area contributed by atoms with Crippen molar-refractivity contribution in [1.29, 1.82) is 0 Å². The Morgan fingerprint density at radius 2 is 2.00 bits per heavy atom. The summed E-state index contributed by atoms with van der Waals surface area (Å²) in [5.41, 5.74) is 1.29. The molecule has 1 unspecified atom stereocenters. The van der Waals surface area contributed by atoms with E-state index >= 15 is 0 Å². The predicted octanol–water partition coefficient (Wildman–Crippen LogP) is 2.50. The van der Waals surface area contributed by atoms with Crippen molar-refractivity contribution in [2.75, 3.05) is 19.5 Å². The molecule has 0 aromatic heterocycles. The quantitative estimate of drug-likeness (QED) is 0.365. The molecule has 0 aliphatic rings. The highest BCUT2D eigenvalue weighted by Crippen LogP contribution is 2.09. The lowest BCUT2D eigenvalue weighted by Gasteiger charge is -2.11. The molecule has 0 saturated heterocycles. The first-order valence-electron chi connectivity index (χ1n) is 5.93. The maximum absolute atomic E-state index is 11.5. The van der Waals surface area contributed by atoms with Crippen LogP contribution in [0.15, 0.2) is 11.6 Å². The molecule has 0 fully saturated rings. The summed E-state index contributed by atoms with van der Waals surface area (Å²) in [6.45, 7) is 6.01. The fraction of sp³-hybridized carbons (Fsp3) is 0.833. The molecule has 0 aromatic carbocycles. The van der Waals surface area contributed by atoms with Crippen molar-refractivity contribution in [3.8, 4) is 0 Å². The lowest BCUT2D eigenvalue weighted by atomic mass is 10.1. The number of ether oxygens (including phenoxy) is 1. The van der Waals surface area contributed by atoms with Crippen LogP contribution < -0.4 is 0 Å². The summed E-state index contributed by atoms with van der Waals surface area (Å²) in [6.07, 6.45) is 4.08. The van der Waals surface area contributed by atoms with E-state index in [1.165, 1.54) is 12.7 Å². The lowest BCUT2D eigenvalue weighted by Crippen LogP contribution is -2.21. The maximum atomic E-state index is 11.5. The van der Waals surface area contributed by atoms with Gasteiger partial charge >= 0.3 is 0 Å². The van der Waals surface area contributed by atoms with Crippen LogP contribution in [0.4, 0.5) is 0 Å². The molecule has 0 N–H and O–H groups in total. The van der Waals surface area contributed by atoms with Gasteiger partial charge in [0.05, 0.1) is 18.5 Å². The molecular formula is C12H24O4S. The first-order valence-corrected chi connectivity index (χ1v) is 7.50. The Balaban J connectivity index is 3.86. The summed E-state index contributed by atoms with van der Waals surface area (Å²) in [6, 6.07) is 0. The molecule has 4 nitrogen and oxygen atoms in total. The number of rotatable bonds is 9. The van der Waals surface area contributed by atoms with E-state index in [2.05, 4.69) is 0 Å². The molecule has 0 aliphatic heterocycles. The number of hydrogen-bond donors (Lipinski definition) is 0. The summed E-state index contributed by atoms with van der Waals surface area (Å²) in [7, 11) is -1.89. The summed E-state index contributed by atoms with van der Waals surface area (Å²) in [4.78, 5) is 0. The monoisotopic (exact) mass is 264 g/mol. The van der Waals surface area contributed by atoms with Crippen molar-refractivity contribution in [3.05, 3.63) is 11.6 Å². The number of unbranched alkanes of at least 4 members (excludes halogenated alkanes) is 1. The van der Waals surface area contributed by atoms with Crippen LogP contribution in [0.1, 0.15) is 40.0 Å². The van der Waals surface area contributed by atoms with Crippen molar-refractivity contribution >= 4 is 10.1 Å². The number of hydrogen-bond acceptors (Lipinski definition) is 4. The summed E-state index contributed by atoms with van der Waals surface area (Å²) < 4.78 is 32.8. The largest absolute Gasteiger partial charge is 0.382 e. The van der Waals surface area contributed by atoms with E-state index in [-0.39, 0.29) is 12.4 Å². The van der Waals surface area contributed by atoms with Crippen LogP contribution in [0.2, 0.25) is 0 Å². The van der Waals surface area contributed by atoms with Gasteiger partial charge in [0, 0.05) is 7.11 Å². The molecule has 0 amide bonds. The molecule has 102 valence electrons. The van der Waals surface area contributed by atoms with Crippen molar-refractivity contribution in [1.82, 2.24) is 0 Å². The van der Waals surface area contributed by atoms with Gasteiger partial charge in [-0.15, -0.1) is 0 Å². The van der Waals surface area contributed by atoms with Gasteiger partial charge in [0.15, 0.2) is 0 Å². The number of methoxy groups -OCH3 is 1. The highest BCUT2D eigenvalue weighted by Gasteiger charge is 2.15. The maximum Gasteiger partial charge on any atom is 0.267 e. The van der Waals surface area contributed by atoms with Crippen molar-refractivity contribution in [2.45, 2.75) is 46.1 Å². The minimum absolute atomic E-state index is 0.0814. The predicted molar refractivity (Wildman–Crippen MR) is 69.5 cm³/mol. The minimum Gasteiger partial charge on any atom is -0.382 e. The molecule has 1 atom stereocenters. The first kappa shape index (κ1) is 16.6. The Labute approximate surface area is 105 Å². The van der Waals surface area contributed by atoms with E-state index in [1.807, 2.05) is 19.9 Å². The SMILES string of the molecule is C/C=C(\C)CCCCS(=O)(=O)OC(C)COC. The van der Waals surface area contributed by atoms with E-state index in [0.29, 0.717) is 6.42 Å². The summed E-state index contributed by atoms with van der Waals surface area (Å²) in [5.74, 6) is 0.0814. The van der Waals surface area contributed by atoms with E-state index in [9.17, 15) is 8.42 Å². The Kier molecular flexibility index (Phi) is 8.47. The second-order valence-corrected chi connectivity index (χ2v) is 5.93. The molecule has 17 heavy (non-hydrogen) atoms. The van der Waals surface area contributed by atoms with Gasteiger partial charge < -0.3 is 4.74 Å². The minimum atomic E-state index is -3.41. The normalized spacial score (nSPS) is 14.9. The molecule has 0 aromatic rings. The Bertz CT molecular complexity index is 319. The van der Waals surface area contributed by atoms with Crippen LogP contribution in [-0.2, 0) is 19.0 Å². The third kappa shape index (κ3) is 9.32. The van der Waals surface area contributed by atoms with Gasteiger partial charge in [-0.25, -0.2) is 0 Å². The van der Waals surface area contributed by atoms with Gasteiger partial charge in [-0.3, -0.25) is 4.18 Å². The van der Waals surface area contributed by atoms with Crippen LogP contribution >= 0.6 is 0 Å². The van der Waals surface area contributed by atoms with Gasteiger partial charge in [-0.2, -0.15) is 8.42 Å². The highest BCUT2D eigenvalue weighted by molar-refractivity contribution is 7.86. The third-order valence-corrected chi connectivity index (χ3v) is 3.83. The third-order valence-electron chi connectivity index (χ3n) is 2.42. The summed E-state index contributed by atoms with van der Waals surface area (Å²) in [5, 5.41) is 0. The molecule has 0 aliphatic carbocycles. The molecule has 0 radical (unpaired) electrons. The average Bonchev–Trinajstić information content (AvgIpc) is 2.23. The van der Waals surface area contributed by atoms with Gasteiger partial charge in [-0.1, -0.05) is 11.6 Å². The second-order valence-electron chi connectivity index (χ2n) is 4.22. The lowest BCUT2D eigenvalue weighted by molar-refractivity contribution is 0.0962. The van der Waals surface area contributed by atoms with Crippen molar-refractivity contribution in [3.63, 3.8) is 0 Å². The topological polar surface area (TPSA) is 52.6 Å². The van der Waals surface area contributed by atoms with Crippen molar-refractivity contribution in [2.24, 2.45) is 0 Å². The molecule has 0 spiro atoms. The number of allylic oxidation sites excluding steroid dienone is 2. The Morgan fingerprint density at radius 3 is 2.53 bits per heavy atom. The molecule has 0 rings (SSSR count). The fourth-order valence-corrected chi connectivity index (χ4v) is 2.60. The van der Waals surface area contributed by atoms with E-state index in [1.54, 1.807) is 6.92 Å². The Morgan fingerprint density at radius 1 is 1.35 bits per heavy atom. The molecule has 0 heterocycles.